The summed E-state index contributed by atoms with van der Waals surface area (Å²) in [6.45, 7) is 0. The maximum Gasteiger partial charge on any atom is 0.312 e. The number of halogens is 1. The van der Waals surface area contributed by atoms with Gasteiger partial charge in [-0.3, -0.25) is 10.1 Å². The van der Waals surface area contributed by atoms with E-state index in [1.165, 1.54) is 12.3 Å². The van der Waals surface area contributed by atoms with Crippen molar-refractivity contribution in [3.8, 4) is 12.3 Å². The zero-order chi connectivity index (χ0) is 13.8. The highest BCUT2D eigenvalue weighted by atomic mass is 79.9. The quantitative estimate of drug-likeness (QED) is 0.534. The second-order valence-corrected chi connectivity index (χ2v) is 4.54. The maximum absolute atomic E-state index is 11.0. The summed E-state index contributed by atoms with van der Waals surface area (Å²) in [6, 6.07) is 8.40. The Morgan fingerprint density at radius 2 is 2.21 bits per heavy atom. The number of pyridine rings is 1. The predicted molar refractivity (Wildman–Crippen MR) is 76.3 cm³/mol. The molecule has 0 radical (unpaired) electrons. The van der Waals surface area contributed by atoms with Crippen LogP contribution in [0.5, 0.6) is 0 Å². The van der Waals surface area contributed by atoms with Gasteiger partial charge >= 0.3 is 5.69 Å². The second kappa shape index (κ2) is 5.50. The molecule has 0 saturated carbocycles. The third kappa shape index (κ3) is 3.09. The summed E-state index contributed by atoms with van der Waals surface area (Å²) < 4.78 is 0.544. The highest BCUT2D eigenvalue weighted by Gasteiger charge is 2.15. The van der Waals surface area contributed by atoms with Crippen LogP contribution in [0.2, 0.25) is 0 Å². The van der Waals surface area contributed by atoms with Crippen LogP contribution in [-0.4, -0.2) is 9.91 Å². The number of benzene rings is 1. The molecule has 6 heteroatoms. The smallest absolute Gasteiger partial charge is 0.312 e. The van der Waals surface area contributed by atoms with Gasteiger partial charge in [0.25, 0.3) is 0 Å². The molecular weight excluding hydrogens is 310 g/mol. The third-order valence-electron chi connectivity index (χ3n) is 2.32. The van der Waals surface area contributed by atoms with Gasteiger partial charge in [0.2, 0.25) is 5.82 Å². The number of rotatable bonds is 3. The number of hydrogen-bond donors (Lipinski definition) is 1. The average Bonchev–Trinajstić information content (AvgIpc) is 2.41. The Morgan fingerprint density at radius 3 is 2.89 bits per heavy atom. The van der Waals surface area contributed by atoms with Crippen LogP contribution < -0.4 is 5.32 Å². The molecule has 0 amide bonds. The standard InChI is InChI=1S/C13H8BrN3O2/c1-2-9-4-3-5-11(6-9)16-13-12(17(18)19)7-10(14)8-15-13/h1,3-8H,(H,15,16). The Kier molecular flexibility index (Phi) is 3.78. The van der Waals surface area contributed by atoms with Crippen molar-refractivity contribution in [2.75, 3.05) is 5.32 Å². The number of terminal acetylenes is 1. The molecule has 0 fully saturated rings. The summed E-state index contributed by atoms with van der Waals surface area (Å²) in [7, 11) is 0. The molecule has 0 saturated heterocycles. The Bertz CT molecular complexity index is 680. The van der Waals surface area contributed by atoms with Gasteiger partial charge in [-0.05, 0) is 34.1 Å². The fraction of sp³-hybridized carbons (Fsp3) is 0. The lowest BCUT2D eigenvalue weighted by Gasteiger charge is -2.06. The minimum atomic E-state index is -0.495. The molecule has 0 spiro atoms. The van der Waals surface area contributed by atoms with Crippen molar-refractivity contribution in [2.24, 2.45) is 0 Å². The monoisotopic (exact) mass is 317 g/mol. The highest BCUT2D eigenvalue weighted by Crippen LogP contribution is 2.28. The number of nitro groups is 1. The molecule has 1 N–H and O–H groups in total. The summed E-state index contributed by atoms with van der Waals surface area (Å²) in [5, 5.41) is 13.8. The molecule has 1 aromatic carbocycles. The van der Waals surface area contributed by atoms with Gasteiger partial charge in [0.15, 0.2) is 0 Å². The van der Waals surface area contributed by atoms with Crippen LogP contribution in [-0.2, 0) is 0 Å². The molecule has 0 atom stereocenters. The summed E-state index contributed by atoms with van der Waals surface area (Å²) >= 11 is 3.15. The van der Waals surface area contributed by atoms with Gasteiger partial charge in [0, 0.05) is 28.0 Å². The van der Waals surface area contributed by atoms with Crippen molar-refractivity contribution in [1.29, 1.82) is 0 Å². The molecular formula is C13H8BrN3O2. The van der Waals surface area contributed by atoms with Crippen LogP contribution in [0.15, 0.2) is 41.0 Å². The van der Waals surface area contributed by atoms with Crippen molar-refractivity contribution in [3.63, 3.8) is 0 Å². The average molecular weight is 318 g/mol. The molecule has 2 aromatic rings. The molecule has 2 rings (SSSR count). The van der Waals surface area contributed by atoms with Gasteiger partial charge in [0.1, 0.15) is 0 Å². The number of hydrogen-bond acceptors (Lipinski definition) is 4. The Balaban J connectivity index is 2.38. The summed E-state index contributed by atoms with van der Waals surface area (Å²) in [4.78, 5) is 14.5. The van der Waals surface area contributed by atoms with Gasteiger partial charge in [-0.15, -0.1) is 6.42 Å². The molecule has 0 bridgehead atoms. The van der Waals surface area contributed by atoms with Crippen molar-refractivity contribution in [2.45, 2.75) is 0 Å². The first-order chi connectivity index (χ1) is 9.10. The SMILES string of the molecule is C#Cc1cccc(Nc2ncc(Br)cc2[N+](=O)[O-])c1. The predicted octanol–water partition coefficient (Wildman–Crippen LogP) is 3.48. The van der Waals surface area contributed by atoms with E-state index in [1.807, 2.05) is 0 Å². The Labute approximate surface area is 118 Å². The van der Waals surface area contributed by atoms with E-state index in [4.69, 9.17) is 6.42 Å². The van der Waals surface area contributed by atoms with Gasteiger partial charge in [-0.2, -0.15) is 0 Å². The first-order valence-electron chi connectivity index (χ1n) is 5.24. The molecule has 0 aliphatic rings. The molecule has 0 aliphatic heterocycles. The number of nitrogens with one attached hydrogen (secondary N) is 1. The summed E-state index contributed by atoms with van der Waals surface area (Å²) in [6.07, 6.45) is 6.79. The van der Waals surface area contributed by atoms with Crippen LogP contribution in [0.25, 0.3) is 0 Å². The lowest BCUT2D eigenvalue weighted by atomic mass is 10.2. The minimum Gasteiger partial charge on any atom is -0.334 e. The van der Waals surface area contributed by atoms with Crippen molar-refractivity contribution in [3.05, 3.63) is 56.7 Å². The summed E-state index contributed by atoms with van der Waals surface area (Å²) in [5.74, 6) is 2.67. The largest absolute Gasteiger partial charge is 0.334 e. The molecule has 0 aliphatic carbocycles. The molecule has 1 aromatic heterocycles. The first-order valence-corrected chi connectivity index (χ1v) is 6.03. The lowest BCUT2D eigenvalue weighted by molar-refractivity contribution is -0.384. The minimum absolute atomic E-state index is 0.111. The number of anilines is 2. The van der Waals surface area contributed by atoms with E-state index in [2.05, 4.69) is 32.2 Å². The molecule has 0 unspecified atom stereocenters. The van der Waals surface area contributed by atoms with Gasteiger partial charge in [0.05, 0.1) is 4.92 Å². The van der Waals surface area contributed by atoms with Gasteiger partial charge in [-0.25, -0.2) is 4.98 Å². The second-order valence-electron chi connectivity index (χ2n) is 3.63. The Morgan fingerprint density at radius 1 is 1.42 bits per heavy atom. The topological polar surface area (TPSA) is 68.1 Å². The van der Waals surface area contributed by atoms with Crippen LogP contribution in [0.3, 0.4) is 0 Å². The van der Waals surface area contributed by atoms with Crippen molar-refractivity contribution in [1.82, 2.24) is 4.98 Å². The number of aromatic nitrogens is 1. The van der Waals surface area contributed by atoms with E-state index < -0.39 is 4.92 Å². The van der Waals surface area contributed by atoms with E-state index in [0.717, 1.165) is 0 Å². The molecule has 1 heterocycles. The molecule has 94 valence electrons. The Hall–Kier alpha value is -2.39. The van der Waals surface area contributed by atoms with Gasteiger partial charge in [-0.1, -0.05) is 12.0 Å². The molecule has 5 nitrogen and oxygen atoms in total. The molecule has 19 heavy (non-hydrogen) atoms. The van der Waals surface area contributed by atoms with E-state index in [9.17, 15) is 10.1 Å². The maximum atomic E-state index is 11.0. The third-order valence-corrected chi connectivity index (χ3v) is 2.76. The zero-order valence-electron chi connectivity index (χ0n) is 9.63. The van der Waals surface area contributed by atoms with Crippen LogP contribution >= 0.6 is 15.9 Å². The normalized spacial score (nSPS) is 9.68. The van der Waals surface area contributed by atoms with Crippen molar-refractivity contribution < 1.29 is 4.92 Å². The zero-order valence-corrected chi connectivity index (χ0v) is 11.2. The van der Waals surface area contributed by atoms with Crippen molar-refractivity contribution >= 4 is 33.1 Å². The van der Waals surface area contributed by atoms with Crippen LogP contribution in [0.1, 0.15) is 5.56 Å². The fourth-order valence-corrected chi connectivity index (χ4v) is 1.81. The fourth-order valence-electron chi connectivity index (χ4n) is 1.49. The highest BCUT2D eigenvalue weighted by molar-refractivity contribution is 9.10. The van der Waals surface area contributed by atoms with Crippen LogP contribution in [0, 0.1) is 22.5 Å². The van der Waals surface area contributed by atoms with Gasteiger partial charge < -0.3 is 5.32 Å². The van der Waals surface area contributed by atoms with E-state index in [1.54, 1.807) is 24.3 Å². The number of nitrogens with zero attached hydrogens (tertiary/aromatic N) is 2. The van der Waals surface area contributed by atoms with E-state index >= 15 is 0 Å². The lowest BCUT2D eigenvalue weighted by Crippen LogP contribution is -1.99. The first kappa shape index (κ1) is 13.1. The van der Waals surface area contributed by atoms with E-state index in [-0.39, 0.29) is 11.5 Å². The summed E-state index contributed by atoms with van der Waals surface area (Å²) in [5.41, 5.74) is 1.22. The van der Waals surface area contributed by atoms with Crippen LogP contribution in [0.4, 0.5) is 17.2 Å². The van der Waals surface area contributed by atoms with E-state index in [0.29, 0.717) is 15.7 Å².